The Morgan fingerprint density at radius 2 is 1.93 bits per heavy atom. The van der Waals surface area contributed by atoms with Crippen molar-refractivity contribution >= 4 is 5.69 Å². The summed E-state index contributed by atoms with van der Waals surface area (Å²) in [6.07, 6.45) is 0.827. The molecule has 0 spiro atoms. The van der Waals surface area contributed by atoms with Crippen LogP contribution in [-0.2, 0) is 0 Å². The lowest BCUT2D eigenvalue weighted by molar-refractivity contribution is 0.295. The molecule has 0 aliphatic heterocycles. The van der Waals surface area contributed by atoms with Crippen LogP contribution < -0.4 is 15.2 Å². The molecule has 4 heteroatoms. The number of halogens is 1. The molecule has 0 atom stereocenters. The smallest absolute Gasteiger partial charge is 0.167 e. The van der Waals surface area contributed by atoms with Crippen LogP contribution in [0.2, 0.25) is 0 Å². The Morgan fingerprint density at radius 3 is 2.53 bits per heavy atom. The second-order valence-electron chi connectivity index (χ2n) is 3.10. The topological polar surface area (TPSA) is 44.5 Å². The molecule has 1 aromatic carbocycles. The van der Waals surface area contributed by atoms with Crippen LogP contribution in [0, 0.1) is 5.82 Å². The van der Waals surface area contributed by atoms with Crippen molar-refractivity contribution in [2.24, 2.45) is 0 Å². The minimum atomic E-state index is -0.454. The van der Waals surface area contributed by atoms with Crippen LogP contribution in [0.4, 0.5) is 10.1 Å². The first kappa shape index (κ1) is 11.6. The first-order valence-electron chi connectivity index (χ1n) is 5.03. The largest absolute Gasteiger partial charge is 0.492 e. The highest BCUT2D eigenvalue weighted by atomic mass is 19.1. The molecule has 3 nitrogen and oxygen atoms in total. The Kier molecular flexibility index (Phi) is 4.21. The average Bonchev–Trinajstić information content (AvgIpc) is 2.20. The van der Waals surface area contributed by atoms with Crippen molar-refractivity contribution in [3.05, 3.63) is 17.9 Å². The molecule has 15 heavy (non-hydrogen) atoms. The summed E-state index contributed by atoms with van der Waals surface area (Å²) in [6, 6.07) is 2.71. The highest BCUT2D eigenvalue weighted by Crippen LogP contribution is 2.30. The van der Waals surface area contributed by atoms with Gasteiger partial charge in [0.2, 0.25) is 0 Å². The van der Waals surface area contributed by atoms with Crippen molar-refractivity contribution in [3.63, 3.8) is 0 Å². The van der Waals surface area contributed by atoms with E-state index in [1.165, 1.54) is 12.1 Å². The molecule has 0 amide bonds. The Labute approximate surface area is 89.0 Å². The fourth-order valence-corrected chi connectivity index (χ4v) is 1.15. The zero-order valence-electron chi connectivity index (χ0n) is 9.05. The Balaban J connectivity index is 2.90. The van der Waals surface area contributed by atoms with Crippen LogP contribution in [0.5, 0.6) is 11.5 Å². The van der Waals surface area contributed by atoms with Gasteiger partial charge < -0.3 is 15.2 Å². The summed E-state index contributed by atoms with van der Waals surface area (Å²) in [5.41, 5.74) is 5.87. The molecule has 0 saturated carbocycles. The van der Waals surface area contributed by atoms with E-state index in [1.807, 2.05) is 13.8 Å². The van der Waals surface area contributed by atoms with E-state index in [-0.39, 0.29) is 11.4 Å². The number of hydrogen-bond acceptors (Lipinski definition) is 3. The number of benzene rings is 1. The van der Waals surface area contributed by atoms with E-state index in [2.05, 4.69) is 0 Å². The molecule has 0 saturated heterocycles. The lowest BCUT2D eigenvalue weighted by atomic mass is 10.2. The monoisotopic (exact) mass is 213 g/mol. The van der Waals surface area contributed by atoms with Gasteiger partial charge in [0.05, 0.1) is 18.9 Å². The number of nitrogens with two attached hydrogens (primary N) is 1. The summed E-state index contributed by atoms with van der Waals surface area (Å²) < 4.78 is 23.8. The predicted molar refractivity (Wildman–Crippen MR) is 57.8 cm³/mol. The molecule has 0 radical (unpaired) electrons. The third kappa shape index (κ3) is 3.01. The molecule has 2 N–H and O–H groups in total. The Bertz CT molecular complexity index is 329. The lowest BCUT2D eigenvalue weighted by Gasteiger charge is -2.11. The predicted octanol–water partition coefficient (Wildman–Crippen LogP) is 2.60. The molecule has 0 aliphatic carbocycles. The number of ether oxygens (including phenoxy) is 2. The highest BCUT2D eigenvalue weighted by molar-refractivity contribution is 5.56. The van der Waals surface area contributed by atoms with Gasteiger partial charge >= 0.3 is 0 Å². The zero-order chi connectivity index (χ0) is 11.3. The normalized spacial score (nSPS) is 10.1. The SMILES string of the molecule is CCCOc1cc(OCC)c(N)cc1F. The average molecular weight is 213 g/mol. The van der Waals surface area contributed by atoms with Crippen LogP contribution in [0.1, 0.15) is 20.3 Å². The van der Waals surface area contributed by atoms with E-state index >= 15 is 0 Å². The van der Waals surface area contributed by atoms with Gasteiger partial charge in [0.25, 0.3) is 0 Å². The Morgan fingerprint density at radius 1 is 1.20 bits per heavy atom. The molecule has 0 unspecified atom stereocenters. The van der Waals surface area contributed by atoms with Crippen molar-refractivity contribution in [1.82, 2.24) is 0 Å². The molecular weight excluding hydrogens is 197 g/mol. The third-order valence-corrected chi connectivity index (χ3v) is 1.83. The molecule has 84 valence electrons. The third-order valence-electron chi connectivity index (χ3n) is 1.83. The van der Waals surface area contributed by atoms with Gasteiger partial charge in [-0.1, -0.05) is 6.92 Å². The fraction of sp³-hybridized carbons (Fsp3) is 0.455. The summed E-state index contributed by atoms with van der Waals surface area (Å²) in [4.78, 5) is 0. The van der Waals surface area contributed by atoms with E-state index in [0.29, 0.717) is 19.0 Å². The van der Waals surface area contributed by atoms with Crippen LogP contribution in [0.3, 0.4) is 0 Å². The van der Waals surface area contributed by atoms with Gasteiger partial charge in [0.15, 0.2) is 11.6 Å². The summed E-state index contributed by atoms with van der Waals surface area (Å²) >= 11 is 0. The van der Waals surface area contributed by atoms with Crippen LogP contribution in [0.25, 0.3) is 0 Å². The fourth-order valence-electron chi connectivity index (χ4n) is 1.15. The van der Waals surface area contributed by atoms with Crippen molar-refractivity contribution in [1.29, 1.82) is 0 Å². The molecule has 0 aromatic heterocycles. The van der Waals surface area contributed by atoms with E-state index in [9.17, 15) is 4.39 Å². The standard InChI is InChI=1S/C11H16FNO2/c1-3-5-15-10-7-11(14-4-2)9(13)6-8(10)12/h6-7H,3-5,13H2,1-2H3. The van der Waals surface area contributed by atoms with E-state index in [4.69, 9.17) is 15.2 Å². The Hall–Kier alpha value is -1.45. The van der Waals surface area contributed by atoms with Crippen LogP contribution >= 0.6 is 0 Å². The quantitative estimate of drug-likeness (QED) is 0.764. The molecule has 0 fully saturated rings. The molecule has 0 heterocycles. The maximum atomic E-state index is 13.3. The summed E-state index contributed by atoms with van der Waals surface area (Å²) in [5, 5.41) is 0. The van der Waals surface area contributed by atoms with E-state index < -0.39 is 5.82 Å². The molecule has 0 aliphatic rings. The highest BCUT2D eigenvalue weighted by Gasteiger charge is 2.09. The number of hydrogen-bond donors (Lipinski definition) is 1. The first-order chi connectivity index (χ1) is 7.19. The van der Waals surface area contributed by atoms with Gasteiger partial charge in [-0.25, -0.2) is 4.39 Å². The van der Waals surface area contributed by atoms with Crippen molar-refractivity contribution in [3.8, 4) is 11.5 Å². The minimum Gasteiger partial charge on any atom is -0.492 e. The van der Waals surface area contributed by atoms with Crippen LogP contribution in [0.15, 0.2) is 12.1 Å². The molecule has 1 rings (SSSR count). The maximum absolute atomic E-state index is 13.3. The van der Waals surface area contributed by atoms with E-state index in [1.54, 1.807) is 0 Å². The van der Waals surface area contributed by atoms with Gasteiger partial charge in [-0.2, -0.15) is 0 Å². The molecule has 0 bridgehead atoms. The number of rotatable bonds is 5. The summed E-state index contributed by atoms with van der Waals surface area (Å²) in [7, 11) is 0. The summed E-state index contributed by atoms with van der Waals surface area (Å²) in [6.45, 7) is 4.77. The lowest BCUT2D eigenvalue weighted by Crippen LogP contribution is -2.02. The maximum Gasteiger partial charge on any atom is 0.167 e. The van der Waals surface area contributed by atoms with Crippen molar-refractivity contribution in [2.45, 2.75) is 20.3 Å². The first-order valence-corrected chi connectivity index (χ1v) is 5.03. The van der Waals surface area contributed by atoms with Gasteiger partial charge in [-0.15, -0.1) is 0 Å². The second-order valence-corrected chi connectivity index (χ2v) is 3.10. The zero-order valence-corrected chi connectivity index (χ0v) is 9.05. The summed E-state index contributed by atoms with van der Waals surface area (Å²) in [5.74, 6) is 0.198. The van der Waals surface area contributed by atoms with Gasteiger partial charge in [0.1, 0.15) is 5.75 Å². The number of nitrogen functional groups attached to an aromatic ring is 1. The van der Waals surface area contributed by atoms with Gasteiger partial charge in [-0.3, -0.25) is 0 Å². The van der Waals surface area contributed by atoms with Crippen LogP contribution in [-0.4, -0.2) is 13.2 Å². The van der Waals surface area contributed by atoms with Gasteiger partial charge in [0, 0.05) is 12.1 Å². The van der Waals surface area contributed by atoms with Crippen molar-refractivity contribution in [2.75, 3.05) is 18.9 Å². The van der Waals surface area contributed by atoms with Gasteiger partial charge in [-0.05, 0) is 13.3 Å². The minimum absolute atomic E-state index is 0.189. The second kappa shape index (κ2) is 5.44. The van der Waals surface area contributed by atoms with E-state index in [0.717, 1.165) is 6.42 Å². The molecular formula is C11H16FNO2. The molecule has 1 aromatic rings. The van der Waals surface area contributed by atoms with Crippen molar-refractivity contribution < 1.29 is 13.9 Å². The number of anilines is 1.